The zero-order valence-electron chi connectivity index (χ0n) is 15.4. The summed E-state index contributed by atoms with van der Waals surface area (Å²) in [5, 5.41) is 21.9. The fraction of sp³-hybridized carbons (Fsp3) is 0.650. The molecule has 0 aromatic rings. The summed E-state index contributed by atoms with van der Waals surface area (Å²) in [4.78, 5) is 38.2. The Kier molecular flexibility index (Phi) is 2.98. The van der Waals surface area contributed by atoms with E-state index < -0.39 is 40.3 Å². The number of rotatable bonds is 1. The summed E-state index contributed by atoms with van der Waals surface area (Å²) in [5.41, 5.74) is -0.998. The van der Waals surface area contributed by atoms with E-state index in [2.05, 4.69) is 0 Å². The first-order valence-electron chi connectivity index (χ1n) is 9.36. The molecule has 2 aliphatic heterocycles. The van der Waals surface area contributed by atoms with Gasteiger partial charge in [-0.2, -0.15) is 0 Å². The summed E-state index contributed by atoms with van der Waals surface area (Å²) in [6.45, 7) is 4.90. The number of esters is 1. The second-order valence-corrected chi connectivity index (χ2v) is 8.83. The standard InChI is InChI=1S/C20H22O7/c1-8-4-12(22)20(25)18(3)10(8)5-13-19(7-21)11(6-14(23)26-13)9(2)15(24)16(27-20)17(18)19/h4,9-11,13,21,25H,5-7H2,1-3H3. The lowest BCUT2D eigenvalue weighted by Gasteiger charge is -2.61. The Hall–Kier alpha value is -1.99. The fourth-order valence-electron chi connectivity index (χ4n) is 6.62. The molecular weight excluding hydrogens is 352 g/mol. The molecule has 0 aromatic heterocycles. The Labute approximate surface area is 156 Å². The number of hydrogen-bond acceptors (Lipinski definition) is 7. The van der Waals surface area contributed by atoms with Gasteiger partial charge in [0.2, 0.25) is 11.6 Å². The highest BCUT2D eigenvalue weighted by Gasteiger charge is 2.78. The third kappa shape index (κ3) is 1.54. The second kappa shape index (κ2) is 4.70. The number of hydrogen-bond donors (Lipinski definition) is 2. The first-order valence-corrected chi connectivity index (χ1v) is 9.36. The molecule has 1 saturated heterocycles. The normalized spacial score (nSPS) is 50.1. The SMILES string of the molecule is CC1=CC(=O)C2(O)OC3=C4C5(CO)C(CC1C42C)OC(=O)CC5C(C)C3=O. The maximum absolute atomic E-state index is 13.1. The number of Topliss-reactive ketones (excluding diaryl/α,β-unsaturated/α-hetero) is 1. The number of aliphatic hydroxyl groups is 2. The number of aliphatic hydroxyl groups excluding tert-OH is 1. The van der Waals surface area contributed by atoms with Crippen LogP contribution in [0.4, 0.5) is 0 Å². The minimum Gasteiger partial charge on any atom is -0.461 e. The van der Waals surface area contributed by atoms with Crippen molar-refractivity contribution in [3.63, 3.8) is 0 Å². The molecule has 7 heteroatoms. The molecule has 0 bridgehead atoms. The van der Waals surface area contributed by atoms with Crippen LogP contribution < -0.4 is 0 Å². The van der Waals surface area contributed by atoms with Gasteiger partial charge in [-0.05, 0) is 38.2 Å². The Morgan fingerprint density at radius 3 is 2.67 bits per heavy atom. The predicted molar refractivity (Wildman–Crippen MR) is 89.7 cm³/mol. The van der Waals surface area contributed by atoms with E-state index in [-0.39, 0.29) is 36.5 Å². The molecule has 1 saturated carbocycles. The third-order valence-electron chi connectivity index (χ3n) is 7.95. The van der Waals surface area contributed by atoms with E-state index in [1.54, 1.807) is 20.8 Å². The van der Waals surface area contributed by atoms with E-state index in [0.29, 0.717) is 12.0 Å². The number of allylic oxidation sites excluding steroid dienone is 2. The van der Waals surface area contributed by atoms with Gasteiger partial charge < -0.3 is 19.7 Å². The van der Waals surface area contributed by atoms with E-state index in [1.165, 1.54) is 6.08 Å². The molecule has 7 atom stereocenters. The van der Waals surface area contributed by atoms with Crippen LogP contribution in [0, 0.1) is 28.6 Å². The third-order valence-corrected chi connectivity index (χ3v) is 7.95. The molecule has 7 unspecified atom stereocenters. The van der Waals surface area contributed by atoms with Crippen molar-refractivity contribution in [1.82, 2.24) is 0 Å². The van der Waals surface area contributed by atoms with Crippen LogP contribution in [0.2, 0.25) is 0 Å². The smallest absolute Gasteiger partial charge is 0.306 e. The first-order chi connectivity index (χ1) is 12.6. The van der Waals surface area contributed by atoms with Crippen LogP contribution in [0.3, 0.4) is 0 Å². The van der Waals surface area contributed by atoms with Gasteiger partial charge in [0.05, 0.1) is 23.9 Å². The van der Waals surface area contributed by atoms with Crippen molar-refractivity contribution in [2.24, 2.45) is 28.6 Å². The molecule has 5 aliphatic rings. The molecule has 2 N–H and O–H groups in total. The Morgan fingerprint density at radius 1 is 1.30 bits per heavy atom. The number of carbonyl (C=O) groups excluding carboxylic acids is 3. The molecule has 144 valence electrons. The van der Waals surface area contributed by atoms with Crippen molar-refractivity contribution in [3.8, 4) is 0 Å². The molecule has 0 radical (unpaired) electrons. The second-order valence-electron chi connectivity index (χ2n) is 8.83. The lowest BCUT2D eigenvalue weighted by Crippen LogP contribution is -2.68. The largest absolute Gasteiger partial charge is 0.461 e. The lowest BCUT2D eigenvalue weighted by molar-refractivity contribution is -0.236. The van der Waals surface area contributed by atoms with Crippen LogP contribution in [0.5, 0.6) is 0 Å². The Balaban J connectivity index is 1.87. The molecule has 5 rings (SSSR count). The van der Waals surface area contributed by atoms with Gasteiger partial charge >= 0.3 is 5.97 Å². The van der Waals surface area contributed by atoms with Crippen LogP contribution in [-0.4, -0.2) is 46.2 Å². The van der Waals surface area contributed by atoms with Crippen molar-refractivity contribution < 1.29 is 34.1 Å². The lowest BCUT2D eigenvalue weighted by atomic mass is 9.42. The molecule has 27 heavy (non-hydrogen) atoms. The van der Waals surface area contributed by atoms with Crippen molar-refractivity contribution in [1.29, 1.82) is 0 Å². The molecule has 7 nitrogen and oxygen atoms in total. The highest BCUT2D eigenvalue weighted by atomic mass is 16.6. The van der Waals surface area contributed by atoms with Crippen LogP contribution in [0.25, 0.3) is 0 Å². The van der Waals surface area contributed by atoms with E-state index in [1.807, 2.05) is 0 Å². The quantitative estimate of drug-likeness (QED) is 0.648. The van der Waals surface area contributed by atoms with E-state index in [9.17, 15) is 24.6 Å². The molecule has 0 aromatic carbocycles. The zero-order valence-corrected chi connectivity index (χ0v) is 15.4. The fourth-order valence-corrected chi connectivity index (χ4v) is 6.62. The van der Waals surface area contributed by atoms with Crippen molar-refractivity contribution in [2.45, 2.75) is 45.5 Å². The molecular formula is C20H22O7. The minimum atomic E-state index is -2.18. The molecule has 0 spiro atoms. The minimum absolute atomic E-state index is 0.0166. The molecule has 3 aliphatic carbocycles. The van der Waals surface area contributed by atoms with Crippen LogP contribution in [-0.2, 0) is 23.9 Å². The first kappa shape index (κ1) is 17.1. The number of ketones is 2. The molecule has 2 fully saturated rings. The van der Waals surface area contributed by atoms with Gasteiger partial charge in [0.25, 0.3) is 5.79 Å². The zero-order chi connectivity index (χ0) is 19.5. The average Bonchev–Trinajstić information content (AvgIpc) is 2.88. The summed E-state index contributed by atoms with van der Waals surface area (Å²) in [6.07, 6.45) is 1.10. The van der Waals surface area contributed by atoms with Crippen molar-refractivity contribution >= 4 is 17.5 Å². The summed E-state index contributed by atoms with van der Waals surface area (Å²) >= 11 is 0. The van der Waals surface area contributed by atoms with Gasteiger partial charge in [-0.3, -0.25) is 14.4 Å². The van der Waals surface area contributed by atoms with Gasteiger partial charge in [-0.1, -0.05) is 12.5 Å². The van der Waals surface area contributed by atoms with Crippen LogP contribution >= 0.6 is 0 Å². The highest BCUT2D eigenvalue weighted by molar-refractivity contribution is 6.04. The van der Waals surface area contributed by atoms with Gasteiger partial charge in [0.1, 0.15) is 6.10 Å². The highest BCUT2D eigenvalue weighted by Crippen LogP contribution is 2.72. The van der Waals surface area contributed by atoms with Gasteiger partial charge in [-0.25, -0.2) is 0 Å². The molecule has 2 heterocycles. The van der Waals surface area contributed by atoms with Crippen molar-refractivity contribution in [3.05, 3.63) is 23.0 Å². The Bertz CT molecular complexity index is 885. The number of ether oxygens (including phenoxy) is 2. The van der Waals surface area contributed by atoms with Gasteiger partial charge in [0.15, 0.2) is 5.76 Å². The number of carbonyl (C=O) groups is 3. The Morgan fingerprint density at radius 2 is 2.00 bits per heavy atom. The maximum atomic E-state index is 13.1. The van der Waals surface area contributed by atoms with E-state index >= 15 is 0 Å². The van der Waals surface area contributed by atoms with Crippen LogP contribution in [0.15, 0.2) is 23.0 Å². The maximum Gasteiger partial charge on any atom is 0.306 e. The average molecular weight is 374 g/mol. The van der Waals surface area contributed by atoms with Crippen LogP contribution in [0.1, 0.15) is 33.6 Å². The molecule has 0 amide bonds. The topological polar surface area (TPSA) is 110 Å². The van der Waals surface area contributed by atoms with Crippen molar-refractivity contribution in [2.75, 3.05) is 6.61 Å². The summed E-state index contributed by atoms with van der Waals surface area (Å²) in [7, 11) is 0. The van der Waals surface area contributed by atoms with Gasteiger partial charge in [-0.15, -0.1) is 0 Å². The summed E-state index contributed by atoms with van der Waals surface area (Å²) in [6, 6.07) is 0. The summed E-state index contributed by atoms with van der Waals surface area (Å²) < 4.78 is 11.4. The summed E-state index contributed by atoms with van der Waals surface area (Å²) in [5.74, 6) is -4.90. The van der Waals surface area contributed by atoms with E-state index in [4.69, 9.17) is 9.47 Å². The van der Waals surface area contributed by atoms with Gasteiger partial charge in [0, 0.05) is 11.5 Å². The predicted octanol–water partition coefficient (Wildman–Crippen LogP) is 0.644. The monoisotopic (exact) mass is 374 g/mol. The van der Waals surface area contributed by atoms with E-state index in [0.717, 1.165) is 5.57 Å².